The molecule has 1 aromatic carbocycles. The molecule has 0 aromatic heterocycles. The topological polar surface area (TPSA) is 32.3 Å². The normalized spacial score (nSPS) is 26.4. The minimum atomic E-state index is -1.07. The molecule has 3 nitrogen and oxygen atoms in total. The lowest BCUT2D eigenvalue weighted by Gasteiger charge is -2.21. The average Bonchev–Trinajstić information content (AvgIpc) is 2.97. The lowest BCUT2D eigenvalue weighted by Crippen LogP contribution is -2.42. The van der Waals surface area contributed by atoms with Crippen LogP contribution in [0, 0.1) is 11.6 Å². The summed E-state index contributed by atoms with van der Waals surface area (Å²) < 4.78 is 26.7. The molecule has 2 heterocycles. The molecule has 0 radical (unpaired) electrons. The number of hydrogen-bond acceptors (Lipinski definition) is 2. The minimum Gasteiger partial charge on any atom is -0.348 e. The highest BCUT2D eigenvalue weighted by Crippen LogP contribution is 2.28. The molecule has 3 rings (SSSR count). The van der Waals surface area contributed by atoms with Gasteiger partial charge in [0.25, 0.3) is 5.91 Å². The minimum absolute atomic E-state index is 0.0534. The summed E-state index contributed by atoms with van der Waals surface area (Å²) in [5.41, 5.74) is -0.212. The summed E-state index contributed by atoms with van der Waals surface area (Å²) in [7, 11) is 0. The molecule has 19 heavy (non-hydrogen) atoms. The number of benzene rings is 1. The third kappa shape index (κ3) is 2.23. The maximum absolute atomic E-state index is 13.5. The van der Waals surface area contributed by atoms with Crippen molar-refractivity contribution in [1.82, 2.24) is 10.2 Å². The number of rotatable bonds is 2. The van der Waals surface area contributed by atoms with Crippen LogP contribution in [0.5, 0.6) is 0 Å². The van der Waals surface area contributed by atoms with Gasteiger partial charge in [-0.05, 0) is 37.9 Å². The first-order valence-corrected chi connectivity index (χ1v) is 6.66. The van der Waals surface area contributed by atoms with Crippen molar-refractivity contribution in [1.29, 1.82) is 0 Å². The first kappa shape index (κ1) is 12.5. The van der Waals surface area contributed by atoms with E-state index in [1.54, 1.807) is 0 Å². The molecule has 2 aliphatic heterocycles. The molecule has 102 valence electrons. The van der Waals surface area contributed by atoms with Gasteiger partial charge >= 0.3 is 0 Å². The fourth-order valence-electron chi connectivity index (χ4n) is 3.18. The Bertz CT molecular complexity index is 506. The number of hydrogen-bond donors (Lipinski definition) is 1. The third-order valence-corrected chi connectivity index (χ3v) is 4.12. The monoisotopic (exact) mass is 266 g/mol. The molecular formula is C14H16F2N2O. The van der Waals surface area contributed by atoms with Gasteiger partial charge in [0.15, 0.2) is 11.6 Å². The molecule has 1 N–H and O–H groups in total. The van der Waals surface area contributed by atoms with Crippen molar-refractivity contribution in [2.24, 2.45) is 0 Å². The molecular weight excluding hydrogens is 250 g/mol. The number of halogens is 2. The predicted molar refractivity (Wildman–Crippen MR) is 66.8 cm³/mol. The highest BCUT2D eigenvalue weighted by Gasteiger charge is 2.38. The maximum atomic E-state index is 13.5. The maximum Gasteiger partial charge on any atom is 0.254 e. The number of nitrogens with one attached hydrogen (secondary N) is 1. The van der Waals surface area contributed by atoms with Crippen LogP contribution in [0.25, 0.3) is 0 Å². The van der Waals surface area contributed by atoms with Crippen LogP contribution < -0.4 is 5.32 Å². The van der Waals surface area contributed by atoms with Gasteiger partial charge < -0.3 is 5.32 Å². The molecule has 2 saturated heterocycles. The van der Waals surface area contributed by atoms with Crippen LogP contribution in [0.15, 0.2) is 18.2 Å². The Kier molecular flexibility index (Phi) is 3.22. The van der Waals surface area contributed by atoms with Crippen molar-refractivity contribution < 1.29 is 13.6 Å². The Morgan fingerprint density at radius 1 is 1.26 bits per heavy atom. The van der Waals surface area contributed by atoms with Gasteiger partial charge in [-0.1, -0.05) is 6.07 Å². The third-order valence-electron chi connectivity index (χ3n) is 4.12. The van der Waals surface area contributed by atoms with E-state index in [4.69, 9.17) is 0 Å². The fraction of sp³-hybridized carbons (Fsp3) is 0.500. The summed E-state index contributed by atoms with van der Waals surface area (Å²) in [6, 6.07) is 4.09. The summed E-state index contributed by atoms with van der Waals surface area (Å²) in [6.45, 7) is 2.05. The Labute approximate surface area is 110 Å². The van der Waals surface area contributed by atoms with E-state index < -0.39 is 17.5 Å². The summed E-state index contributed by atoms with van der Waals surface area (Å²) in [4.78, 5) is 14.4. The van der Waals surface area contributed by atoms with Crippen molar-refractivity contribution in [3.63, 3.8) is 0 Å². The van der Waals surface area contributed by atoms with Gasteiger partial charge in [0.05, 0.1) is 5.56 Å². The predicted octanol–water partition coefficient (Wildman–Crippen LogP) is 1.93. The zero-order chi connectivity index (χ0) is 13.4. The number of carbonyl (C=O) groups is 1. The average molecular weight is 266 g/mol. The molecule has 2 fully saturated rings. The van der Waals surface area contributed by atoms with E-state index in [0.29, 0.717) is 6.04 Å². The van der Waals surface area contributed by atoms with E-state index in [9.17, 15) is 13.6 Å². The quantitative estimate of drug-likeness (QED) is 0.887. The van der Waals surface area contributed by atoms with Gasteiger partial charge in [-0.3, -0.25) is 9.69 Å². The van der Waals surface area contributed by atoms with Gasteiger partial charge in [0.2, 0.25) is 0 Å². The van der Waals surface area contributed by atoms with Crippen LogP contribution in [-0.2, 0) is 0 Å². The second-order valence-electron chi connectivity index (χ2n) is 5.22. The van der Waals surface area contributed by atoms with E-state index in [1.807, 2.05) is 0 Å². The van der Waals surface area contributed by atoms with E-state index >= 15 is 0 Å². The molecule has 0 bridgehead atoms. The second-order valence-corrected chi connectivity index (χ2v) is 5.22. The SMILES string of the molecule is O=C(NC1CCN2CCCC12)c1cccc(F)c1F. The first-order valence-electron chi connectivity index (χ1n) is 6.66. The van der Waals surface area contributed by atoms with Crippen molar-refractivity contribution >= 4 is 5.91 Å². The number of carbonyl (C=O) groups excluding carboxylic acids is 1. The summed E-state index contributed by atoms with van der Waals surface area (Å²) >= 11 is 0. The lowest BCUT2D eigenvalue weighted by atomic mass is 10.1. The van der Waals surface area contributed by atoms with Gasteiger partial charge in [-0.25, -0.2) is 8.78 Å². The van der Waals surface area contributed by atoms with E-state index in [0.717, 1.165) is 38.4 Å². The van der Waals surface area contributed by atoms with Crippen molar-refractivity contribution in [3.05, 3.63) is 35.4 Å². The summed E-state index contributed by atoms with van der Waals surface area (Å²) in [6.07, 6.45) is 3.09. The van der Waals surface area contributed by atoms with Crippen LogP contribution in [0.1, 0.15) is 29.6 Å². The summed E-state index contributed by atoms with van der Waals surface area (Å²) in [5, 5.41) is 2.85. The van der Waals surface area contributed by atoms with Crippen molar-refractivity contribution in [2.45, 2.75) is 31.3 Å². The molecule has 2 unspecified atom stereocenters. The van der Waals surface area contributed by atoms with Gasteiger partial charge in [-0.2, -0.15) is 0 Å². The van der Waals surface area contributed by atoms with Gasteiger partial charge in [-0.15, -0.1) is 0 Å². The van der Waals surface area contributed by atoms with Crippen LogP contribution in [-0.4, -0.2) is 36.0 Å². The smallest absolute Gasteiger partial charge is 0.254 e. The van der Waals surface area contributed by atoms with E-state index in [1.165, 1.54) is 12.1 Å². The molecule has 2 atom stereocenters. The number of fused-ring (bicyclic) bond motifs is 1. The number of amides is 1. The van der Waals surface area contributed by atoms with Crippen molar-refractivity contribution in [3.8, 4) is 0 Å². The molecule has 1 aromatic rings. The van der Waals surface area contributed by atoms with Crippen LogP contribution in [0.3, 0.4) is 0 Å². The molecule has 0 saturated carbocycles. The Morgan fingerprint density at radius 3 is 2.95 bits per heavy atom. The zero-order valence-corrected chi connectivity index (χ0v) is 10.5. The van der Waals surface area contributed by atoms with Crippen LogP contribution in [0.2, 0.25) is 0 Å². The Hall–Kier alpha value is -1.49. The molecule has 5 heteroatoms. The number of nitrogens with zero attached hydrogens (tertiary/aromatic N) is 1. The molecule has 0 spiro atoms. The van der Waals surface area contributed by atoms with E-state index in [2.05, 4.69) is 10.2 Å². The van der Waals surface area contributed by atoms with Gasteiger partial charge in [0.1, 0.15) is 0 Å². The van der Waals surface area contributed by atoms with Crippen molar-refractivity contribution in [2.75, 3.05) is 13.1 Å². The lowest BCUT2D eigenvalue weighted by molar-refractivity contribution is 0.0924. The first-order chi connectivity index (χ1) is 9.16. The van der Waals surface area contributed by atoms with Gasteiger partial charge in [0, 0.05) is 18.6 Å². The van der Waals surface area contributed by atoms with Crippen LogP contribution >= 0.6 is 0 Å². The highest BCUT2D eigenvalue weighted by molar-refractivity contribution is 5.94. The van der Waals surface area contributed by atoms with Crippen LogP contribution in [0.4, 0.5) is 8.78 Å². The zero-order valence-electron chi connectivity index (χ0n) is 10.5. The largest absolute Gasteiger partial charge is 0.348 e. The standard InChI is InChI=1S/C14H16F2N2O/c15-10-4-1-3-9(13(10)16)14(19)17-11-6-8-18-7-2-5-12(11)18/h1,3-4,11-12H,2,5-8H2,(H,17,19). The van der Waals surface area contributed by atoms with E-state index in [-0.39, 0.29) is 11.6 Å². The molecule has 2 aliphatic rings. The fourth-order valence-corrected chi connectivity index (χ4v) is 3.18. The highest BCUT2D eigenvalue weighted by atomic mass is 19.2. The Balaban J connectivity index is 1.73. The summed E-state index contributed by atoms with van der Waals surface area (Å²) in [5.74, 6) is -2.57. The second kappa shape index (κ2) is 4.89. The molecule has 1 amide bonds. The molecule has 0 aliphatic carbocycles. The Morgan fingerprint density at radius 2 is 2.11 bits per heavy atom.